The Morgan fingerprint density at radius 2 is 1.85 bits per heavy atom. The lowest BCUT2D eigenvalue weighted by Gasteiger charge is -2.08. The van der Waals surface area contributed by atoms with E-state index >= 15 is 0 Å². The lowest BCUT2D eigenvalue weighted by Crippen LogP contribution is -2.11. The van der Waals surface area contributed by atoms with Crippen molar-refractivity contribution < 1.29 is 10.2 Å². The van der Waals surface area contributed by atoms with Gasteiger partial charge in [0.15, 0.2) is 0 Å². The van der Waals surface area contributed by atoms with E-state index in [2.05, 4.69) is 15.9 Å². The van der Waals surface area contributed by atoms with Crippen LogP contribution in [0.15, 0.2) is 28.7 Å². The molecule has 0 aliphatic heterocycles. The first-order chi connectivity index (χ1) is 6.22. The van der Waals surface area contributed by atoms with Crippen molar-refractivity contribution in [1.82, 2.24) is 0 Å². The maximum atomic E-state index is 9.40. The van der Waals surface area contributed by atoms with Crippen LogP contribution in [0.4, 0.5) is 0 Å². The second-order valence-corrected chi connectivity index (χ2v) is 3.91. The zero-order valence-corrected chi connectivity index (χ0v) is 8.87. The molecule has 0 saturated carbocycles. The van der Waals surface area contributed by atoms with Gasteiger partial charge in [-0.05, 0) is 30.5 Å². The van der Waals surface area contributed by atoms with Crippen LogP contribution in [-0.2, 0) is 6.42 Å². The van der Waals surface area contributed by atoms with Gasteiger partial charge in [0.05, 0.1) is 6.10 Å². The number of hydrogen-bond donors (Lipinski definition) is 2. The van der Waals surface area contributed by atoms with Crippen LogP contribution in [0.25, 0.3) is 0 Å². The molecule has 0 amide bonds. The molecule has 0 unspecified atom stereocenters. The second-order valence-electron chi connectivity index (χ2n) is 3.00. The molecule has 1 aromatic carbocycles. The van der Waals surface area contributed by atoms with E-state index in [4.69, 9.17) is 5.11 Å². The Morgan fingerprint density at radius 1 is 1.23 bits per heavy atom. The zero-order valence-electron chi connectivity index (χ0n) is 7.28. The fourth-order valence-corrected chi connectivity index (χ4v) is 1.41. The average molecular weight is 245 g/mol. The first kappa shape index (κ1) is 10.7. The molecular formula is C10H13BrO2. The Labute approximate surface area is 86.3 Å². The third-order valence-corrected chi connectivity index (χ3v) is 2.38. The van der Waals surface area contributed by atoms with Crippen molar-refractivity contribution in [2.45, 2.75) is 18.9 Å². The molecule has 13 heavy (non-hydrogen) atoms. The smallest absolute Gasteiger partial charge is 0.0602 e. The highest BCUT2D eigenvalue weighted by Gasteiger charge is 2.03. The van der Waals surface area contributed by atoms with E-state index in [0.717, 1.165) is 10.0 Å². The molecule has 0 aromatic heterocycles. The van der Waals surface area contributed by atoms with Crippen molar-refractivity contribution in [3.8, 4) is 0 Å². The lowest BCUT2D eigenvalue weighted by atomic mass is 10.1. The predicted octanol–water partition coefficient (Wildman–Crippen LogP) is 1.73. The zero-order chi connectivity index (χ0) is 9.68. The van der Waals surface area contributed by atoms with Crippen LogP contribution in [-0.4, -0.2) is 22.9 Å². The van der Waals surface area contributed by atoms with Crippen molar-refractivity contribution in [1.29, 1.82) is 0 Å². The summed E-state index contributed by atoms with van der Waals surface area (Å²) in [5.41, 5.74) is 1.09. The third kappa shape index (κ3) is 3.89. The summed E-state index contributed by atoms with van der Waals surface area (Å²) in [6, 6.07) is 7.82. The molecule has 0 bridgehead atoms. The highest BCUT2D eigenvalue weighted by Crippen LogP contribution is 2.12. The maximum absolute atomic E-state index is 9.40. The number of aliphatic hydroxyl groups excluding tert-OH is 2. The molecule has 0 radical (unpaired) electrons. The molecule has 0 spiro atoms. The third-order valence-electron chi connectivity index (χ3n) is 1.85. The Balaban J connectivity index is 2.49. The van der Waals surface area contributed by atoms with Crippen LogP contribution >= 0.6 is 15.9 Å². The molecule has 1 atom stereocenters. The summed E-state index contributed by atoms with van der Waals surface area (Å²) in [7, 11) is 0. The van der Waals surface area contributed by atoms with Crippen molar-refractivity contribution >= 4 is 15.9 Å². The number of aliphatic hydroxyl groups is 2. The van der Waals surface area contributed by atoms with Gasteiger partial charge >= 0.3 is 0 Å². The summed E-state index contributed by atoms with van der Waals surface area (Å²) < 4.78 is 1.04. The topological polar surface area (TPSA) is 40.5 Å². The number of hydrogen-bond acceptors (Lipinski definition) is 2. The molecule has 0 heterocycles. The van der Waals surface area contributed by atoms with Gasteiger partial charge in [0.2, 0.25) is 0 Å². The van der Waals surface area contributed by atoms with Crippen LogP contribution in [0.3, 0.4) is 0 Å². The highest BCUT2D eigenvalue weighted by atomic mass is 79.9. The first-order valence-corrected chi connectivity index (χ1v) is 5.05. The van der Waals surface area contributed by atoms with Crippen molar-refractivity contribution in [3.63, 3.8) is 0 Å². The van der Waals surface area contributed by atoms with Crippen LogP contribution < -0.4 is 0 Å². The Kier molecular flexibility index (Phi) is 4.42. The number of benzene rings is 1. The summed E-state index contributed by atoms with van der Waals surface area (Å²) in [6.07, 6.45) is 0.607. The van der Waals surface area contributed by atoms with E-state index in [0.29, 0.717) is 12.8 Å². The maximum Gasteiger partial charge on any atom is 0.0602 e. The van der Waals surface area contributed by atoms with Crippen LogP contribution in [0.2, 0.25) is 0 Å². The van der Waals surface area contributed by atoms with Crippen LogP contribution in [0.1, 0.15) is 12.0 Å². The van der Waals surface area contributed by atoms with Crippen molar-refractivity contribution in [2.75, 3.05) is 6.61 Å². The van der Waals surface area contributed by atoms with Gasteiger partial charge in [0.1, 0.15) is 0 Å². The van der Waals surface area contributed by atoms with E-state index in [9.17, 15) is 5.11 Å². The van der Waals surface area contributed by atoms with Crippen molar-refractivity contribution in [3.05, 3.63) is 34.3 Å². The predicted molar refractivity (Wildman–Crippen MR) is 55.6 cm³/mol. The van der Waals surface area contributed by atoms with Crippen molar-refractivity contribution in [2.24, 2.45) is 0 Å². The van der Waals surface area contributed by atoms with Gasteiger partial charge in [-0.1, -0.05) is 28.1 Å². The van der Waals surface area contributed by atoms with Gasteiger partial charge in [-0.2, -0.15) is 0 Å². The van der Waals surface area contributed by atoms with Crippen LogP contribution in [0, 0.1) is 0 Å². The number of halogens is 1. The fraction of sp³-hybridized carbons (Fsp3) is 0.400. The van der Waals surface area contributed by atoms with Gasteiger partial charge in [-0.3, -0.25) is 0 Å². The molecular weight excluding hydrogens is 232 g/mol. The number of rotatable bonds is 4. The first-order valence-electron chi connectivity index (χ1n) is 4.25. The Hall–Kier alpha value is -0.380. The molecule has 0 aliphatic carbocycles. The van der Waals surface area contributed by atoms with Gasteiger partial charge in [-0.25, -0.2) is 0 Å². The Bertz CT molecular complexity index is 246. The Morgan fingerprint density at radius 3 is 2.38 bits per heavy atom. The minimum absolute atomic E-state index is 0.0394. The molecule has 72 valence electrons. The summed E-state index contributed by atoms with van der Waals surface area (Å²) in [5.74, 6) is 0. The monoisotopic (exact) mass is 244 g/mol. The molecule has 1 aromatic rings. The second kappa shape index (κ2) is 5.37. The summed E-state index contributed by atoms with van der Waals surface area (Å²) in [6.45, 7) is 0.0394. The molecule has 0 saturated heterocycles. The van der Waals surface area contributed by atoms with Gasteiger partial charge in [0.25, 0.3) is 0 Å². The minimum atomic E-state index is -0.439. The largest absolute Gasteiger partial charge is 0.396 e. The van der Waals surface area contributed by atoms with Crippen LogP contribution in [0.5, 0.6) is 0 Å². The van der Waals surface area contributed by atoms with E-state index in [1.54, 1.807) is 0 Å². The van der Waals surface area contributed by atoms with E-state index < -0.39 is 6.10 Å². The van der Waals surface area contributed by atoms with E-state index in [1.807, 2.05) is 24.3 Å². The molecule has 2 nitrogen and oxygen atoms in total. The molecule has 2 N–H and O–H groups in total. The average Bonchev–Trinajstić information content (AvgIpc) is 2.09. The standard InChI is InChI=1S/C10H13BrO2/c11-9-3-1-8(2-4-9)7-10(13)5-6-12/h1-4,10,12-13H,5-7H2/t10-/m1/s1. The molecule has 0 aliphatic rings. The molecule has 0 fully saturated rings. The minimum Gasteiger partial charge on any atom is -0.396 e. The normalized spacial score (nSPS) is 12.8. The van der Waals surface area contributed by atoms with E-state index in [-0.39, 0.29) is 6.61 Å². The quantitative estimate of drug-likeness (QED) is 0.848. The summed E-state index contributed by atoms with van der Waals surface area (Å²) in [5, 5.41) is 18.0. The molecule has 1 rings (SSSR count). The molecule has 3 heteroatoms. The fourth-order valence-electron chi connectivity index (χ4n) is 1.14. The van der Waals surface area contributed by atoms with Gasteiger partial charge in [-0.15, -0.1) is 0 Å². The SMILES string of the molecule is OCC[C@@H](O)Cc1ccc(Br)cc1. The summed E-state index contributed by atoms with van der Waals surface area (Å²) in [4.78, 5) is 0. The lowest BCUT2D eigenvalue weighted by molar-refractivity contribution is 0.133. The highest BCUT2D eigenvalue weighted by molar-refractivity contribution is 9.10. The summed E-state index contributed by atoms with van der Waals surface area (Å²) >= 11 is 3.34. The van der Waals surface area contributed by atoms with Gasteiger partial charge < -0.3 is 10.2 Å². The van der Waals surface area contributed by atoms with Gasteiger partial charge in [0, 0.05) is 11.1 Å². The van der Waals surface area contributed by atoms with E-state index in [1.165, 1.54) is 0 Å².